The van der Waals surface area contributed by atoms with E-state index in [4.69, 9.17) is 4.74 Å². The second-order valence-corrected chi connectivity index (χ2v) is 8.20. The van der Waals surface area contributed by atoms with Crippen LogP contribution in [0.25, 0.3) is 0 Å². The van der Waals surface area contributed by atoms with Gasteiger partial charge in [0.05, 0.1) is 18.7 Å². The summed E-state index contributed by atoms with van der Waals surface area (Å²) in [6.45, 7) is 9.88. The van der Waals surface area contributed by atoms with E-state index >= 15 is 0 Å². The molecule has 158 valence electrons. The summed E-state index contributed by atoms with van der Waals surface area (Å²) in [7, 11) is 1.33. The van der Waals surface area contributed by atoms with Crippen LogP contribution in [0.4, 0.5) is 10.5 Å². The highest BCUT2D eigenvalue weighted by atomic mass is 16.5. The van der Waals surface area contributed by atoms with E-state index in [0.29, 0.717) is 23.5 Å². The van der Waals surface area contributed by atoms with Crippen LogP contribution in [0.2, 0.25) is 0 Å². The third kappa shape index (κ3) is 5.16. The lowest BCUT2D eigenvalue weighted by Gasteiger charge is -2.35. The molecule has 0 saturated heterocycles. The molecule has 1 aliphatic heterocycles. The molecule has 1 aliphatic rings. The van der Waals surface area contributed by atoms with Gasteiger partial charge in [0, 0.05) is 23.3 Å². The molecule has 0 spiro atoms. The Hall–Kier alpha value is -2.83. The number of urea groups is 1. The predicted octanol–water partition coefficient (Wildman–Crippen LogP) is 3.98. The normalized spacial score (nSPS) is 17.1. The minimum Gasteiger partial charge on any atom is -0.466 e. The fourth-order valence-corrected chi connectivity index (χ4v) is 3.07. The van der Waals surface area contributed by atoms with E-state index in [1.807, 2.05) is 27.7 Å². The standard InChI is InChI=1S/C22H31N3O4/c1-7-8-13-25-14(2)17(19(26)29-6)18(24-21(25)28)15-9-11-16(12-10-15)23-20(27)22(3,4)5/h9-12,18H,7-8,13H2,1-6H3,(H,23,27)(H,24,28)/t18-/m1/s1. The van der Waals surface area contributed by atoms with Crippen molar-refractivity contribution in [3.05, 3.63) is 41.1 Å². The van der Waals surface area contributed by atoms with E-state index in [0.717, 1.165) is 18.4 Å². The second-order valence-electron chi connectivity index (χ2n) is 8.20. The Morgan fingerprint density at radius 2 is 1.83 bits per heavy atom. The van der Waals surface area contributed by atoms with Gasteiger partial charge >= 0.3 is 12.0 Å². The number of benzene rings is 1. The minimum absolute atomic E-state index is 0.0891. The number of carbonyl (C=O) groups is 3. The van der Waals surface area contributed by atoms with Gasteiger partial charge in [-0.1, -0.05) is 46.2 Å². The van der Waals surface area contributed by atoms with Gasteiger partial charge in [0.1, 0.15) is 0 Å². The Kier molecular flexibility index (Phi) is 7.06. The monoisotopic (exact) mass is 401 g/mol. The molecule has 0 radical (unpaired) electrons. The molecule has 1 aromatic carbocycles. The molecular weight excluding hydrogens is 370 g/mol. The van der Waals surface area contributed by atoms with Crippen molar-refractivity contribution in [1.29, 1.82) is 0 Å². The number of rotatable bonds is 6. The Labute approximate surface area is 172 Å². The lowest BCUT2D eigenvalue weighted by Crippen LogP contribution is -2.48. The molecule has 0 bridgehead atoms. The molecule has 1 aromatic rings. The van der Waals surface area contributed by atoms with Crippen molar-refractivity contribution in [1.82, 2.24) is 10.2 Å². The largest absolute Gasteiger partial charge is 0.466 e. The quantitative estimate of drug-likeness (QED) is 0.706. The van der Waals surface area contributed by atoms with E-state index in [-0.39, 0.29) is 11.9 Å². The summed E-state index contributed by atoms with van der Waals surface area (Å²) in [5.41, 5.74) is 1.90. The average Bonchev–Trinajstić information content (AvgIpc) is 2.66. The number of ether oxygens (including phenoxy) is 1. The number of carbonyl (C=O) groups excluding carboxylic acids is 3. The van der Waals surface area contributed by atoms with Crippen molar-refractivity contribution in [3.63, 3.8) is 0 Å². The molecule has 0 unspecified atom stereocenters. The maximum Gasteiger partial charge on any atom is 0.337 e. The number of allylic oxidation sites excluding steroid dienone is 1. The fraction of sp³-hybridized carbons (Fsp3) is 0.500. The van der Waals surface area contributed by atoms with Gasteiger partial charge in [0.2, 0.25) is 5.91 Å². The first kappa shape index (κ1) is 22.5. The van der Waals surface area contributed by atoms with Crippen molar-refractivity contribution in [2.24, 2.45) is 5.41 Å². The first-order chi connectivity index (χ1) is 13.6. The molecule has 1 atom stereocenters. The second kappa shape index (κ2) is 9.11. The highest BCUT2D eigenvalue weighted by Gasteiger charge is 2.36. The molecule has 29 heavy (non-hydrogen) atoms. The van der Waals surface area contributed by atoms with Gasteiger partial charge in [-0.15, -0.1) is 0 Å². The maximum atomic E-state index is 12.6. The van der Waals surface area contributed by atoms with Crippen LogP contribution in [0, 0.1) is 5.41 Å². The number of methoxy groups -OCH3 is 1. The Bertz CT molecular complexity index is 806. The molecular formula is C22H31N3O4. The number of unbranched alkanes of at least 4 members (excludes halogenated alkanes) is 1. The molecule has 0 saturated carbocycles. The number of nitrogens with one attached hydrogen (secondary N) is 2. The van der Waals surface area contributed by atoms with Crippen LogP contribution >= 0.6 is 0 Å². The van der Waals surface area contributed by atoms with E-state index < -0.39 is 17.4 Å². The molecule has 2 rings (SSSR count). The molecule has 7 heteroatoms. The van der Waals surface area contributed by atoms with Crippen LogP contribution in [0.15, 0.2) is 35.5 Å². The van der Waals surface area contributed by atoms with Crippen molar-refractivity contribution in [2.45, 2.75) is 53.5 Å². The van der Waals surface area contributed by atoms with E-state index in [1.165, 1.54) is 7.11 Å². The van der Waals surface area contributed by atoms with Gasteiger partial charge < -0.3 is 15.4 Å². The van der Waals surface area contributed by atoms with Crippen molar-refractivity contribution < 1.29 is 19.1 Å². The predicted molar refractivity (Wildman–Crippen MR) is 112 cm³/mol. The van der Waals surface area contributed by atoms with Crippen LogP contribution in [0.1, 0.15) is 59.1 Å². The molecule has 1 heterocycles. The zero-order chi connectivity index (χ0) is 21.8. The minimum atomic E-state index is -0.611. The smallest absolute Gasteiger partial charge is 0.337 e. The van der Waals surface area contributed by atoms with E-state index in [1.54, 1.807) is 36.1 Å². The van der Waals surface area contributed by atoms with E-state index in [2.05, 4.69) is 10.6 Å². The maximum absolute atomic E-state index is 12.6. The summed E-state index contributed by atoms with van der Waals surface area (Å²) in [6.07, 6.45) is 1.78. The number of anilines is 1. The number of nitrogens with zero attached hydrogens (tertiary/aromatic N) is 1. The lowest BCUT2D eigenvalue weighted by atomic mass is 9.94. The van der Waals surface area contributed by atoms with Crippen molar-refractivity contribution in [2.75, 3.05) is 19.0 Å². The average molecular weight is 402 g/mol. The summed E-state index contributed by atoms with van der Waals surface area (Å²) in [6, 6.07) is 6.26. The lowest BCUT2D eigenvalue weighted by molar-refractivity contribution is -0.136. The number of hydrogen-bond donors (Lipinski definition) is 2. The first-order valence-corrected chi connectivity index (χ1v) is 9.88. The Morgan fingerprint density at radius 3 is 2.34 bits per heavy atom. The summed E-state index contributed by atoms with van der Waals surface area (Å²) in [4.78, 5) is 38.9. The summed E-state index contributed by atoms with van der Waals surface area (Å²) in [5.74, 6) is -0.562. The molecule has 3 amide bonds. The van der Waals surface area contributed by atoms with Crippen LogP contribution in [0.5, 0.6) is 0 Å². The van der Waals surface area contributed by atoms with Gasteiger partial charge in [0.15, 0.2) is 0 Å². The Balaban J connectivity index is 2.34. The van der Waals surface area contributed by atoms with Gasteiger partial charge in [-0.25, -0.2) is 9.59 Å². The van der Waals surface area contributed by atoms with Gasteiger partial charge in [-0.3, -0.25) is 9.69 Å². The Morgan fingerprint density at radius 1 is 1.21 bits per heavy atom. The molecule has 0 aliphatic carbocycles. The zero-order valence-corrected chi connectivity index (χ0v) is 18.1. The van der Waals surface area contributed by atoms with Gasteiger partial charge in [0.25, 0.3) is 0 Å². The zero-order valence-electron chi connectivity index (χ0n) is 18.1. The van der Waals surface area contributed by atoms with Crippen LogP contribution in [-0.4, -0.2) is 36.5 Å². The molecule has 0 aromatic heterocycles. The van der Waals surface area contributed by atoms with Crippen LogP contribution < -0.4 is 10.6 Å². The molecule has 7 nitrogen and oxygen atoms in total. The van der Waals surface area contributed by atoms with Crippen molar-refractivity contribution >= 4 is 23.6 Å². The SMILES string of the molecule is CCCCN1C(=O)N[C@H](c2ccc(NC(=O)C(C)(C)C)cc2)C(C(=O)OC)=C1C. The highest BCUT2D eigenvalue weighted by molar-refractivity contribution is 5.96. The number of hydrogen-bond acceptors (Lipinski definition) is 4. The van der Waals surface area contributed by atoms with Gasteiger partial charge in [-0.05, 0) is 31.0 Å². The number of esters is 1. The third-order valence-electron chi connectivity index (χ3n) is 4.92. The third-order valence-corrected chi connectivity index (χ3v) is 4.92. The number of amides is 3. The molecule has 0 fully saturated rings. The van der Waals surface area contributed by atoms with Crippen LogP contribution in [0.3, 0.4) is 0 Å². The summed E-state index contributed by atoms with van der Waals surface area (Å²) in [5, 5.41) is 5.78. The van der Waals surface area contributed by atoms with Gasteiger partial charge in [-0.2, -0.15) is 0 Å². The summed E-state index contributed by atoms with van der Waals surface area (Å²) >= 11 is 0. The van der Waals surface area contributed by atoms with Crippen molar-refractivity contribution in [3.8, 4) is 0 Å². The molecule has 2 N–H and O–H groups in total. The first-order valence-electron chi connectivity index (χ1n) is 9.88. The van der Waals surface area contributed by atoms with Crippen LogP contribution in [-0.2, 0) is 14.3 Å². The van der Waals surface area contributed by atoms with E-state index in [9.17, 15) is 14.4 Å². The summed E-state index contributed by atoms with van der Waals surface area (Å²) < 4.78 is 4.98. The highest BCUT2D eigenvalue weighted by Crippen LogP contribution is 2.32. The topological polar surface area (TPSA) is 87.7 Å². The fourth-order valence-electron chi connectivity index (χ4n) is 3.07.